The van der Waals surface area contributed by atoms with Gasteiger partial charge in [0.2, 0.25) is 0 Å². The van der Waals surface area contributed by atoms with E-state index < -0.39 is 0 Å². The largest absolute Gasteiger partial charge is 2.00 e. The number of benzene rings is 1. The molecule has 0 aliphatic rings. The van der Waals surface area contributed by atoms with E-state index in [1.54, 1.807) is 6.07 Å². The zero-order valence-corrected chi connectivity index (χ0v) is 8.98. The van der Waals surface area contributed by atoms with Gasteiger partial charge in [-0.15, -0.1) is 0 Å². The maximum absolute atomic E-state index is 12.8. The van der Waals surface area contributed by atoms with Crippen molar-refractivity contribution in [2.45, 2.75) is 6.42 Å². The van der Waals surface area contributed by atoms with Gasteiger partial charge < -0.3 is 19.3 Å². The van der Waals surface area contributed by atoms with E-state index in [1.807, 2.05) is 6.20 Å². The summed E-state index contributed by atoms with van der Waals surface area (Å²) in [5.74, 6) is -0.197. The van der Waals surface area contributed by atoms with Crippen molar-refractivity contribution in [2.75, 3.05) is 0 Å². The minimum Gasteiger partial charge on any atom is -0.361 e. The topological polar surface area (TPSA) is 15.8 Å². The molecule has 1 N–H and O–H groups in total. The Morgan fingerprint density at radius 3 is 2.71 bits per heavy atom. The number of halogens is 1. The maximum Gasteiger partial charge on any atom is 2.00 e. The third-order valence-corrected chi connectivity index (χ3v) is 2.00. The minimum absolute atomic E-state index is 0. The number of hydrogen-bond donors (Lipinski definition) is 1. The van der Waals surface area contributed by atoms with Crippen LogP contribution in [0.2, 0.25) is 0 Å². The smallest absolute Gasteiger partial charge is 0.361 e. The van der Waals surface area contributed by atoms with E-state index in [-0.39, 0.29) is 30.0 Å². The number of aromatic nitrogens is 1. The van der Waals surface area contributed by atoms with Gasteiger partial charge in [-0.05, 0) is 18.2 Å². The van der Waals surface area contributed by atoms with Crippen molar-refractivity contribution in [3.05, 3.63) is 50.1 Å². The second-order valence-electron chi connectivity index (χ2n) is 2.75. The summed E-state index contributed by atoms with van der Waals surface area (Å²) >= 11 is 0. The van der Waals surface area contributed by atoms with E-state index in [0.29, 0.717) is 6.42 Å². The maximum atomic E-state index is 12.8. The summed E-state index contributed by atoms with van der Waals surface area (Å²) in [6.45, 7) is 3.77. The average Bonchev–Trinajstić information content (AvgIpc) is 2.46. The van der Waals surface area contributed by atoms with E-state index in [9.17, 15) is 4.39 Å². The molecule has 0 unspecified atom stereocenters. The second-order valence-corrected chi connectivity index (χ2v) is 2.75. The number of aromatic amines is 1. The van der Waals surface area contributed by atoms with Gasteiger partial charge in [0.15, 0.2) is 0 Å². The van der Waals surface area contributed by atoms with Crippen LogP contribution in [0, 0.1) is 20.2 Å². The van der Waals surface area contributed by atoms with Crippen molar-refractivity contribution >= 4 is 10.9 Å². The fourth-order valence-corrected chi connectivity index (χ4v) is 1.36. The quantitative estimate of drug-likeness (QED) is 0.732. The molecule has 0 saturated heterocycles. The summed E-state index contributed by atoms with van der Waals surface area (Å²) in [4.78, 5) is 3.06. The molecule has 0 aliphatic carbocycles. The van der Waals surface area contributed by atoms with E-state index in [4.69, 9.17) is 0 Å². The van der Waals surface area contributed by atoms with Gasteiger partial charge in [0, 0.05) is 17.1 Å². The monoisotopic (exact) mass is 236 g/mol. The zero-order valence-electron chi connectivity index (χ0n) is 7.93. The molecule has 14 heavy (non-hydrogen) atoms. The number of rotatable bonds is 1. The predicted octanol–water partition coefficient (Wildman–Crippen LogP) is 3.13. The number of nitrogens with one attached hydrogen (secondary N) is 1. The first-order valence-corrected chi connectivity index (χ1v) is 3.86. The molecule has 2 rings (SSSR count). The van der Waals surface area contributed by atoms with Crippen LogP contribution in [-0.4, -0.2) is 4.98 Å². The van der Waals surface area contributed by atoms with Gasteiger partial charge in [0.25, 0.3) is 0 Å². The van der Waals surface area contributed by atoms with Crippen molar-refractivity contribution in [3.8, 4) is 0 Å². The van der Waals surface area contributed by atoms with Crippen LogP contribution in [-0.2, 0) is 23.2 Å². The number of hydrogen-bond acceptors (Lipinski definition) is 0. The van der Waals surface area contributed by atoms with Crippen molar-refractivity contribution < 1.29 is 21.2 Å². The molecular formula is C11H12CoFN. The van der Waals surface area contributed by atoms with E-state index in [2.05, 4.69) is 11.9 Å². The molecule has 1 aromatic carbocycles. The second kappa shape index (κ2) is 5.17. The summed E-state index contributed by atoms with van der Waals surface area (Å²) in [6.07, 6.45) is 2.56. The van der Waals surface area contributed by atoms with E-state index >= 15 is 0 Å². The van der Waals surface area contributed by atoms with Crippen molar-refractivity contribution in [1.29, 1.82) is 0 Å². The Hall–Kier alpha value is -0.804. The third-order valence-electron chi connectivity index (χ3n) is 2.00. The van der Waals surface area contributed by atoms with Crippen LogP contribution in [0.3, 0.4) is 0 Å². The fourth-order valence-electron chi connectivity index (χ4n) is 1.36. The normalized spacial score (nSPS) is 9.29. The Morgan fingerprint density at radius 2 is 2.07 bits per heavy atom. The molecule has 0 aliphatic heterocycles. The number of H-pyrrole nitrogens is 1. The van der Waals surface area contributed by atoms with Crippen LogP contribution in [0.25, 0.3) is 10.9 Å². The summed E-state index contributed by atoms with van der Waals surface area (Å²) in [5.41, 5.74) is 2.03. The first-order chi connectivity index (χ1) is 5.81. The van der Waals surface area contributed by atoms with Gasteiger partial charge in [-0.1, -0.05) is 5.56 Å². The van der Waals surface area contributed by atoms with Gasteiger partial charge in [-0.25, -0.2) is 4.39 Å². The predicted molar refractivity (Wildman–Crippen MR) is 53.7 cm³/mol. The summed E-state index contributed by atoms with van der Waals surface area (Å²) in [6, 6.07) is 4.72. The van der Waals surface area contributed by atoms with E-state index in [0.717, 1.165) is 16.5 Å². The molecule has 1 nitrogen and oxygen atoms in total. The van der Waals surface area contributed by atoms with Gasteiger partial charge in [0.1, 0.15) is 5.82 Å². The van der Waals surface area contributed by atoms with E-state index in [1.165, 1.54) is 12.1 Å². The Labute approximate surface area is 93.9 Å². The molecule has 0 saturated carbocycles. The fraction of sp³-hybridized carbons (Fsp3) is 0.0909. The van der Waals surface area contributed by atoms with Gasteiger partial charge in [-0.2, -0.15) is 6.42 Å². The molecule has 0 atom stereocenters. The van der Waals surface area contributed by atoms with Crippen molar-refractivity contribution in [1.82, 2.24) is 4.98 Å². The van der Waals surface area contributed by atoms with Crippen LogP contribution >= 0.6 is 0 Å². The van der Waals surface area contributed by atoms with Crippen molar-refractivity contribution in [2.24, 2.45) is 0 Å². The Kier molecular flexibility index (Phi) is 4.87. The molecule has 77 valence electrons. The Morgan fingerprint density at radius 1 is 1.36 bits per heavy atom. The molecule has 0 amide bonds. The van der Waals surface area contributed by atoms with Crippen LogP contribution in [0.5, 0.6) is 0 Å². The Balaban J connectivity index is 0.000000845. The third kappa shape index (κ3) is 2.16. The molecule has 1 radical (unpaired) electrons. The molecule has 3 heteroatoms. The van der Waals surface area contributed by atoms with Gasteiger partial charge in [-0.3, -0.25) is 0 Å². The molecular weight excluding hydrogens is 224 g/mol. The molecule has 0 spiro atoms. The van der Waals surface area contributed by atoms with Crippen LogP contribution in [0.1, 0.15) is 5.56 Å². The van der Waals surface area contributed by atoms with Crippen LogP contribution in [0.15, 0.2) is 24.4 Å². The van der Waals surface area contributed by atoms with Crippen molar-refractivity contribution in [3.63, 3.8) is 0 Å². The SMILES string of the molecule is [CH2-]Cc1c[nH]c2ccc(F)cc12.[CH3-].[Co+2]. The molecule has 1 heterocycles. The zero-order chi connectivity index (χ0) is 8.55. The van der Waals surface area contributed by atoms with Gasteiger partial charge in [0.05, 0.1) is 0 Å². The minimum atomic E-state index is -0.197. The van der Waals surface area contributed by atoms with Crippen LogP contribution < -0.4 is 0 Å². The molecule has 2 aromatic rings. The Bertz CT molecular complexity index is 409. The molecule has 0 bridgehead atoms. The molecule has 0 fully saturated rings. The standard InChI is InChI=1S/C10H9FN.CH3.Co/c1-2-7-6-12-10-4-3-8(11)5-9(7)10;;/h3-6,12H,1-2H2;1H3;/q2*-1;+2. The summed E-state index contributed by atoms with van der Waals surface area (Å²) < 4.78 is 12.8. The van der Waals surface area contributed by atoms with Crippen LogP contribution in [0.4, 0.5) is 4.39 Å². The molecule has 1 aromatic heterocycles. The number of fused-ring (bicyclic) bond motifs is 1. The summed E-state index contributed by atoms with van der Waals surface area (Å²) in [5, 5.41) is 0.935. The average molecular weight is 236 g/mol. The summed E-state index contributed by atoms with van der Waals surface area (Å²) in [7, 11) is 0. The van der Waals surface area contributed by atoms with Gasteiger partial charge >= 0.3 is 16.8 Å². The first kappa shape index (κ1) is 13.2. The first-order valence-electron chi connectivity index (χ1n) is 3.86.